The van der Waals surface area contributed by atoms with E-state index in [1.807, 2.05) is 6.07 Å². The molecule has 0 bridgehead atoms. The molecule has 4 nitrogen and oxygen atoms in total. The normalized spacial score (nSPS) is 12.3. The lowest BCUT2D eigenvalue weighted by molar-refractivity contribution is 0.0985. The summed E-state index contributed by atoms with van der Waals surface area (Å²) in [5, 5.41) is 3.46. The van der Waals surface area contributed by atoms with Gasteiger partial charge in [-0.1, -0.05) is 0 Å². The first-order valence-corrected chi connectivity index (χ1v) is 6.91. The van der Waals surface area contributed by atoms with Crippen LogP contribution < -0.4 is 5.32 Å². The van der Waals surface area contributed by atoms with Gasteiger partial charge in [0.2, 0.25) is 0 Å². The van der Waals surface area contributed by atoms with Crippen LogP contribution in [0.1, 0.15) is 38.5 Å². The van der Waals surface area contributed by atoms with Crippen LogP contribution in [0.25, 0.3) is 0 Å². The van der Waals surface area contributed by atoms with Crippen molar-refractivity contribution in [1.29, 1.82) is 0 Å². The van der Waals surface area contributed by atoms with Crippen LogP contribution in [0.2, 0.25) is 0 Å². The Morgan fingerprint density at radius 3 is 2.68 bits per heavy atom. The maximum Gasteiger partial charge on any atom is 0.133 e. The highest BCUT2D eigenvalue weighted by Crippen LogP contribution is 2.13. The minimum absolute atomic E-state index is 0.112. The van der Waals surface area contributed by atoms with Crippen LogP contribution >= 0.6 is 0 Å². The molecule has 1 aromatic rings. The predicted octanol–water partition coefficient (Wildman–Crippen LogP) is 2.64. The summed E-state index contributed by atoms with van der Waals surface area (Å²) in [6.07, 6.45) is 2.78. The molecule has 19 heavy (non-hydrogen) atoms. The molecule has 4 heteroatoms. The quantitative estimate of drug-likeness (QED) is 0.736. The number of nitrogens with one attached hydrogen (secondary N) is 1. The van der Waals surface area contributed by atoms with Crippen molar-refractivity contribution in [3.8, 4) is 0 Å². The Bertz CT molecular complexity index is 353. The number of nitrogens with zero attached hydrogens (tertiary/aromatic N) is 1. The molecule has 0 amide bonds. The zero-order valence-corrected chi connectivity index (χ0v) is 13.0. The Morgan fingerprint density at radius 2 is 2.05 bits per heavy atom. The fourth-order valence-corrected chi connectivity index (χ4v) is 1.66. The minimum atomic E-state index is 0.112. The monoisotopic (exact) mass is 268 g/mol. The lowest BCUT2D eigenvalue weighted by atomic mass is 10.1. The second-order valence-corrected chi connectivity index (χ2v) is 6.18. The molecule has 0 aliphatic carbocycles. The SMILES string of the molecule is CN(C)CCCOCc1occc1CNC(C)(C)C. The molecule has 0 saturated heterocycles. The molecule has 0 aliphatic heterocycles. The Labute approximate surface area is 117 Å². The maximum absolute atomic E-state index is 5.65. The summed E-state index contributed by atoms with van der Waals surface area (Å²) in [5.74, 6) is 0.932. The fraction of sp³-hybridized carbons (Fsp3) is 0.733. The summed E-state index contributed by atoms with van der Waals surface area (Å²) in [6.45, 7) is 9.67. The largest absolute Gasteiger partial charge is 0.467 e. The van der Waals surface area contributed by atoms with Gasteiger partial charge in [-0.05, 0) is 53.9 Å². The average Bonchev–Trinajstić information content (AvgIpc) is 2.72. The fourth-order valence-electron chi connectivity index (χ4n) is 1.66. The van der Waals surface area contributed by atoms with E-state index in [0.29, 0.717) is 6.61 Å². The van der Waals surface area contributed by atoms with Crippen molar-refractivity contribution in [2.75, 3.05) is 27.2 Å². The van der Waals surface area contributed by atoms with Crippen molar-refractivity contribution >= 4 is 0 Å². The van der Waals surface area contributed by atoms with Gasteiger partial charge in [-0.3, -0.25) is 0 Å². The van der Waals surface area contributed by atoms with Gasteiger partial charge < -0.3 is 19.4 Å². The van der Waals surface area contributed by atoms with Gasteiger partial charge in [0.1, 0.15) is 12.4 Å². The van der Waals surface area contributed by atoms with E-state index >= 15 is 0 Å². The zero-order valence-electron chi connectivity index (χ0n) is 13.0. The van der Waals surface area contributed by atoms with Crippen LogP contribution in [0.3, 0.4) is 0 Å². The molecule has 0 unspecified atom stereocenters. The van der Waals surface area contributed by atoms with Crippen molar-refractivity contribution in [3.63, 3.8) is 0 Å². The summed E-state index contributed by atoms with van der Waals surface area (Å²) < 4.78 is 11.1. The Kier molecular flexibility index (Phi) is 6.55. The molecule has 0 aliphatic rings. The second kappa shape index (κ2) is 7.68. The maximum atomic E-state index is 5.65. The number of rotatable bonds is 8. The molecule has 0 radical (unpaired) electrons. The van der Waals surface area contributed by atoms with E-state index in [9.17, 15) is 0 Å². The number of hydrogen-bond donors (Lipinski definition) is 1. The smallest absolute Gasteiger partial charge is 0.133 e. The van der Waals surface area contributed by atoms with Gasteiger partial charge >= 0.3 is 0 Å². The van der Waals surface area contributed by atoms with Gasteiger partial charge in [0.05, 0.1) is 6.26 Å². The highest BCUT2D eigenvalue weighted by atomic mass is 16.5. The summed E-state index contributed by atoms with van der Waals surface area (Å²) in [6, 6.07) is 2.01. The third kappa shape index (κ3) is 7.35. The van der Waals surface area contributed by atoms with E-state index < -0.39 is 0 Å². The summed E-state index contributed by atoms with van der Waals surface area (Å²) in [5.41, 5.74) is 1.30. The molecular weight excluding hydrogens is 240 g/mol. The predicted molar refractivity (Wildman–Crippen MR) is 78.1 cm³/mol. The summed E-state index contributed by atoms with van der Waals surface area (Å²) in [4.78, 5) is 2.16. The van der Waals surface area contributed by atoms with Crippen LogP contribution in [0.4, 0.5) is 0 Å². The first-order valence-electron chi connectivity index (χ1n) is 6.91. The van der Waals surface area contributed by atoms with Gasteiger partial charge in [-0.25, -0.2) is 0 Å². The molecule has 0 atom stereocenters. The van der Waals surface area contributed by atoms with Gasteiger partial charge in [0, 0.05) is 24.3 Å². The highest BCUT2D eigenvalue weighted by Gasteiger charge is 2.12. The molecule has 0 aromatic carbocycles. The van der Waals surface area contributed by atoms with Crippen LogP contribution in [0.15, 0.2) is 16.7 Å². The first kappa shape index (κ1) is 16.2. The molecule has 1 rings (SSSR count). The molecule has 1 heterocycles. The third-order valence-electron chi connectivity index (χ3n) is 2.77. The standard InChI is InChI=1S/C15H28N2O2/c1-15(2,3)16-11-13-7-10-19-14(13)12-18-9-6-8-17(4)5/h7,10,16H,6,8-9,11-12H2,1-5H3. The van der Waals surface area contributed by atoms with Crippen molar-refractivity contribution in [3.05, 3.63) is 23.7 Å². The van der Waals surface area contributed by atoms with Crippen molar-refractivity contribution < 1.29 is 9.15 Å². The Balaban J connectivity index is 2.28. The van der Waals surface area contributed by atoms with E-state index in [-0.39, 0.29) is 5.54 Å². The molecular formula is C15H28N2O2. The minimum Gasteiger partial charge on any atom is -0.467 e. The van der Waals surface area contributed by atoms with Crippen molar-refractivity contribution in [2.24, 2.45) is 0 Å². The third-order valence-corrected chi connectivity index (χ3v) is 2.77. The topological polar surface area (TPSA) is 37.6 Å². The number of hydrogen-bond acceptors (Lipinski definition) is 4. The van der Waals surface area contributed by atoms with Gasteiger partial charge in [-0.2, -0.15) is 0 Å². The van der Waals surface area contributed by atoms with Crippen LogP contribution in [-0.2, 0) is 17.9 Å². The molecule has 0 fully saturated rings. The summed E-state index contributed by atoms with van der Waals surface area (Å²) >= 11 is 0. The zero-order chi connectivity index (χ0) is 14.3. The molecule has 1 N–H and O–H groups in total. The highest BCUT2D eigenvalue weighted by molar-refractivity contribution is 5.16. The van der Waals surface area contributed by atoms with E-state index in [0.717, 1.165) is 31.9 Å². The summed E-state index contributed by atoms with van der Waals surface area (Å²) in [7, 11) is 4.14. The number of furan rings is 1. The van der Waals surface area contributed by atoms with Crippen molar-refractivity contribution in [1.82, 2.24) is 10.2 Å². The Morgan fingerprint density at radius 1 is 1.32 bits per heavy atom. The molecule has 0 saturated carbocycles. The average molecular weight is 268 g/mol. The lowest BCUT2D eigenvalue weighted by Gasteiger charge is -2.20. The molecule has 110 valence electrons. The number of ether oxygens (including phenoxy) is 1. The van der Waals surface area contributed by atoms with E-state index in [4.69, 9.17) is 9.15 Å². The van der Waals surface area contributed by atoms with Crippen LogP contribution in [0.5, 0.6) is 0 Å². The Hall–Kier alpha value is -0.840. The van der Waals surface area contributed by atoms with Gasteiger partial charge in [0.15, 0.2) is 0 Å². The van der Waals surface area contributed by atoms with E-state index in [1.54, 1.807) is 6.26 Å². The first-order chi connectivity index (χ1) is 8.88. The molecule has 0 spiro atoms. The van der Waals surface area contributed by atoms with E-state index in [2.05, 4.69) is 45.1 Å². The van der Waals surface area contributed by atoms with Crippen molar-refractivity contribution in [2.45, 2.75) is 45.9 Å². The second-order valence-electron chi connectivity index (χ2n) is 6.18. The van der Waals surface area contributed by atoms with Crippen LogP contribution in [-0.4, -0.2) is 37.7 Å². The molecule has 1 aromatic heterocycles. The van der Waals surface area contributed by atoms with Crippen LogP contribution in [0, 0.1) is 0 Å². The van der Waals surface area contributed by atoms with Gasteiger partial charge in [0.25, 0.3) is 0 Å². The van der Waals surface area contributed by atoms with Gasteiger partial charge in [-0.15, -0.1) is 0 Å². The van der Waals surface area contributed by atoms with E-state index in [1.165, 1.54) is 5.56 Å². The lowest BCUT2D eigenvalue weighted by Crippen LogP contribution is -2.35.